The molecular formula is C19H20N2O2. The molecule has 2 aromatic carbocycles. The number of nitrogens with one attached hydrogen (secondary N) is 1. The summed E-state index contributed by atoms with van der Waals surface area (Å²) in [6, 6.07) is 19.3. The lowest BCUT2D eigenvalue weighted by Crippen LogP contribution is -2.42. The number of amides is 2. The van der Waals surface area contributed by atoms with Gasteiger partial charge in [-0.1, -0.05) is 66.7 Å². The van der Waals surface area contributed by atoms with Crippen LogP contribution in [0.2, 0.25) is 0 Å². The van der Waals surface area contributed by atoms with Crippen LogP contribution in [0.15, 0.2) is 73.3 Å². The van der Waals surface area contributed by atoms with Crippen LogP contribution in [0.3, 0.4) is 0 Å². The summed E-state index contributed by atoms with van der Waals surface area (Å²) >= 11 is 0. The third-order valence-electron chi connectivity index (χ3n) is 3.32. The lowest BCUT2D eigenvalue weighted by molar-refractivity contribution is -0.146. The number of nitrogens with zero attached hydrogens (tertiary/aromatic N) is 1. The van der Waals surface area contributed by atoms with E-state index in [1.807, 2.05) is 60.7 Å². The largest absolute Gasteiger partial charge is 0.344 e. The molecule has 0 heterocycles. The molecule has 0 aliphatic carbocycles. The van der Waals surface area contributed by atoms with Crippen LogP contribution in [0, 0.1) is 0 Å². The Balaban J connectivity index is 2.14. The van der Waals surface area contributed by atoms with E-state index in [9.17, 15) is 9.59 Å². The topological polar surface area (TPSA) is 49.4 Å². The van der Waals surface area contributed by atoms with Crippen molar-refractivity contribution in [2.24, 2.45) is 0 Å². The fourth-order valence-corrected chi connectivity index (χ4v) is 2.19. The second-order valence-corrected chi connectivity index (χ2v) is 5.13. The zero-order valence-corrected chi connectivity index (χ0v) is 12.9. The zero-order valence-electron chi connectivity index (χ0n) is 12.9. The van der Waals surface area contributed by atoms with Crippen molar-refractivity contribution in [1.29, 1.82) is 0 Å². The highest BCUT2D eigenvalue weighted by molar-refractivity contribution is 6.34. The molecule has 0 spiro atoms. The Morgan fingerprint density at radius 1 is 0.913 bits per heavy atom. The smallest absolute Gasteiger partial charge is 0.312 e. The Labute approximate surface area is 136 Å². The lowest BCUT2D eigenvalue weighted by Gasteiger charge is -2.22. The number of carbonyl (C=O) groups excluding carboxylic acids is 2. The summed E-state index contributed by atoms with van der Waals surface area (Å²) in [5.41, 5.74) is 1.96. The van der Waals surface area contributed by atoms with Crippen LogP contribution in [-0.4, -0.2) is 23.3 Å². The minimum absolute atomic E-state index is 0.273. The molecule has 1 N–H and O–H groups in total. The van der Waals surface area contributed by atoms with Gasteiger partial charge < -0.3 is 10.2 Å². The zero-order chi connectivity index (χ0) is 16.5. The van der Waals surface area contributed by atoms with Crippen molar-refractivity contribution in [3.05, 3.63) is 84.4 Å². The van der Waals surface area contributed by atoms with Gasteiger partial charge in [-0.25, -0.2) is 0 Å². The van der Waals surface area contributed by atoms with Crippen molar-refractivity contribution in [3.63, 3.8) is 0 Å². The Morgan fingerprint density at radius 3 is 1.83 bits per heavy atom. The average molecular weight is 308 g/mol. The van der Waals surface area contributed by atoms with Crippen molar-refractivity contribution in [1.82, 2.24) is 10.2 Å². The maximum absolute atomic E-state index is 12.4. The Kier molecular flexibility index (Phi) is 6.12. The number of rotatable bonds is 6. The first-order valence-corrected chi connectivity index (χ1v) is 7.46. The van der Waals surface area contributed by atoms with E-state index in [4.69, 9.17) is 0 Å². The van der Waals surface area contributed by atoms with Crippen molar-refractivity contribution >= 4 is 11.8 Å². The molecule has 0 aliphatic heterocycles. The molecule has 0 atom stereocenters. The van der Waals surface area contributed by atoms with Crippen molar-refractivity contribution in [2.75, 3.05) is 6.54 Å². The fraction of sp³-hybridized carbons (Fsp3) is 0.158. The van der Waals surface area contributed by atoms with Crippen molar-refractivity contribution < 1.29 is 9.59 Å². The Hall–Kier alpha value is -2.88. The molecule has 2 rings (SSSR count). The van der Waals surface area contributed by atoms with Gasteiger partial charge in [-0.05, 0) is 11.1 Å². The van der Waals surface area contributed by atoms with Crippen molar-refractivity contribution in [2.45, 2.75) is 13.1 Å². The first-order valence-electron chi connectivity index (χ1n) is 7.46. The minimum Gasteiger partial charge on any atom is -0.344 e. The Bertz CT molecular complexity index is 612. The van der Waals surface area contributed by atoms with E-state index in [1.54, 1.807) is 11.0 Å². The van der Waals surface area contributed by atoms with Crippen LogP contribution in [0.25, 0.3) is 0 Å². The fourth-order valence-electron chi connectivity index (χ4n) is 2.19. The third kappa shape index (κ3) is 5.11. The van der Waals surface area contributed by atoms with E-state index in [2.05, 4.69) is 11.9 Å². The van der Waals surface area contributed by atoms with Crippen LogP contribution in [0.5, 0.6) is 0 Å². The highest BCUT2D eigenvalue weighted by Gasteiger charge is 2.21. The molecule has 0 radical (unpaired) electrons. The maximum atomic E-state index is 12.4. The van der Waals surface area contributed by atoms with Crippen LogP contribution < -0.4 is 5.32 Å². The van der Waals surface area contributed by atoms with Gasteiger partial charge in [-0.3, -0.25) is 9.59 Å². The maximum Gasteiger partial charge on any atom is 0.312 e. The minimum atomic E-state index is -0.614. The quantitative estimate of drug-likeness (QED) is 0.658. The van der Waals surface area contributed by atoms with Gasteiger partial charge in [-0.15, -0.1) is 6.58 Å². The number of carbonyl (C=O) groups is 2. The predicted octanol–water partition coefficient (Wildman–Crippen LogP) is 2.52. The van der Waals surface area contributed by atoms with Crippen LogP contribution >= 0.6 is 0 Å². The molecule has 2 aromatic rings. The molecular weight excluding hydrogens is 288 g/mol. The molecule has 23 heavy (non-hydrogen) atoms. The predicted molar refractivity (Wildman–Crippen MR) is 90.3 cm³/mol. The van der Waals surface area contributed by atoms with Gasteiger partial charge >= 0.3 is 11.8 Å². The molecule has 0 saturated carbocycles. The van der Waals surface area contributed by atoms with E-state index in [0.717, 1.165) is 11.1 Å². The standard InChI is InChI=1S/C19H20N2O2/c1-2-13-20-18(22)19(23)21(14-16-9-5-3-6-10-16)15-17-11-7-4-8-12-17/h2-12H,1,13-15H2,(H,20,22). The summed E-state index contributed by atoms with van der Waals surface area (Å²) < 4.78 is 0. The summed E-state index contributed by atoms with van der Waals surface area (Å²) in [6.07, 6.45) is 1.55. The number of benzene rings is 2. The van der Waals surface area contributed by atoms with E-state index in [0.29, 0.717) is 13.1 Å². The highest BCUT2D eigenvalue weighted by atomic mass is 16.2. The second-order valence-electron chi connectivity index (χ2n) is 5.13. The molecule has 0 unspecified atom stereocenters. The van der Waals surface area contributed by atoms with E-state index < -0.39 is 11.8 Å². The normalized spacial score (nSPS) is 9.91. The number of hydrogen-bond donors (Lipinski definition) is 1. The summed E-state index contributed by atoms with van der Waals surface area (Å²) in [5, 5.41) is 2.54. The van der Waals surface area contributed by atoms with E-state index >= 15 is 0 Å². The molecule has 4 heteroatoms. The average Bonchev–Trinajstić information content (AvgIpc) is 2.60. The monoisotopic (exact) mass is 308 g/mol. The van der Waals surface area contributed by atoms with E-state index in [-0.39, 0.29) is 6.54 Å². The Morgan fingerprint density at radius 2 is 1.39 bits per heavy atom. The molecule has 118 valence electrons. The van der Waals surface area contributed by atoms with Gasteiger partial charge in [0.05, 0.1) is 0 Å². The van der Waals surface area contributed by atoms with E-state index in [1.165, 1.54) is 0 Å². The van der Waals surface area contributed by atoms with Gasteiger partial charge in [0.1, 0.15) is 0 Å². The molecule has 0 saturated heterocycles. The first kappa shape index (κ1) is 16.5. The molecule has 0 aliphatic rings. The van der Waals surface area contributed by atoms with Gasteiger partial charge in [0.15, 0.2) is 0 Å². The molecule has 0 fully saturated rings. The van der Waals surface area contributed by atoms with Crippen molar-refractivity contribution in [3.8, 4) is 0 Å². The second kappa shape index (κ2) is 8.54. The van der Waals surface area contributed by atoms with Crippen LogP contribution in [0.4, 0.5) is 0 Å². The molecule has 0 aromatic heterocycles. The highest BCUT2D eigenvalue weighted by Crippen LogP contribution is 2.10. The lowest BCUT2D eigenvalue weighted by atomic mass is 10.1. The molecule has 4 nitrogen and oxygen atoms in total. The SMILES string of the molecule is C=CCNC(=O)C(=O)N(Cc1ccccc1)Cc1ccccc1. The van der Waals surface area contributed by atoms with Gasteiger partial charge in [0.2, 0.25) is 0 Å². The molecule has 0 bridgehead atoms. The summed E-state index contributed by atoms with van der Waals surface area (Å²) in [6.45, 7) is 4.58. The number of hydrogen-bond acceptors (Lipinski definition) is 2. The summed E-state index contributed by atoms with van der Waals surface area (Å²) in [4.78, 5) is 26.0. The first-order chi connectivity index (χ1) is 11.2. The van der Waals surface area contributed by atoms with Crippen LogP contribution in [0.1, 0.15) is 11.1 Å². The van der Waals surface area contributed by atoms with Gasteiger partial charge in [-0.2, -0.15) is 0 Å². The van der Waals surface area contributed by atoms with Crippen LogP contribution in [-0.2, 0) is 22.7 Å². The summed E-state index contributed by atoms with van der Waals surface area (Å²) in [5.74, 6) is -1.16. The van der Waals surface area contributed by atoms with Gasteiger partial charge in [0, 0.05) is 19.6 Å². The molecule has 2 amide bonds. The third-order valence-corrected chi connectivity index (χ3v) is 3.32. The van der Waals surface area contributed by atoms with Gasteiger partial charge in [0.25, 0.3) is 0 Å². The summed E-state index contributed by atoms with van der Waals surface area (Å²) in [7, 11) is 0.